The molecule has 7 aromatic rings. The fraction of sp³-hybridized carbons (Fsp3) is 0.128. The summed E-state index contributed by atoms with van der Waals surface area (Å²) in [5.41, 5.74) is 8.13. The Labute approximate surface area is 288 Å². The van der Waals surface area contributed by atoms with Crippen molar-refractivity contribution in [3.05, 3.63) is 167 Å². The Morgan fingerprint density at radius 1 is 0.510 bits per heavy atom. The van der Waals surface area contributed by atoms with Crippen molar-refractivity contribution in [3.8, 4) is 34.8 Å². The number of carbonyl (C=O) groups is 1. The first kappa shape index (κ1) is 31.5. The maximum atomic E-state index is 12.6. The lowest BCUT2D eigenvalue weighted by atomic mass is 9.86. The molecule has 0 saturated carbocycles. The summed E-state index contributed by atoms with van der Waals surface area (Å²) in [6, 6.07) is 45.7. The van der Waals surface area contributed by atoms with Crippen molar-refractivity contribution in [2.24, 2.45) is 0 Å². The summed E-state index contributed by atoms with van der Waals surface area (Å²) in [4.78, 5) is 12.6. The van der Waals surface area contributed by atoms with Crippen molar-refractivity contribution in [2.45, 2.75) is 33.1 Å². The Balaban J connectivity index is 1.25. The van der Waals surface area contributed by atoms with Gasteiger partial charge in [0.25, 0.3) is 0 Å². The van der Waals surface area contributed by atoms with Gasteiger partial charge >= 0.3 is 5.97 Å². The van der Waals surface area contributed by atoms with E-state index >= 15 is 0 Å². The van der Waals surface area contributed by atoms with Crippen LogP contribution in [0.5, 0.6) is 0 Å². The van der Waals surface area contributed by atoms with Gasteiger partial charge in [-0.2, -0.15) is 0 Å². The van der Waals surface area contributed by atoms with Gasteiger partial charge in [0, 0.05) is 22.3 Å². The van der Waals surface area contributed by atoms with Gasteiger partial charge in [0.1, 0.15) is 0 Å². The molecule has 0 atom stereocenters. The number of rotatable bonds is 3. The zero-order valence-electron chi connectivity index (χ0n) is 28.2. The molecule has 7 aromatic carbocycles. The summed E-state index contributed by atoms with van der Waals surface area (Å²) in [6.45, 7) is 8.87. The van der Waals surface area contributed by atoms with E-state index < -0.39 is 0 Å². The summed E-state index contributed by atoms with van der Waals surface area (Å²) < 4.78 is 5.28. The lowest BCUT2D eigenvalue weighted by Gasteiger charge is -2.19. The number of benzene rings is 7. The van der Waals surface area contributed by atoms with Crippen LogP contribution in [0, 0.1) is 23.7 Å². The van der Waals surface area contributed by atoms with Crippen molar-refractivity contribution >= 4 is 38.3 Å². The van der Waals surface area contributed by atoms with Gasteiger partial charge in [-0.25, -0.2) is 4.79 Å². The maximum absolute atomic E-state index is 12.6. The minimum atomic E-state index is -0.323. The van der Waals surface area contributed by atoms with Gasteiger partial charge in [0.2, 0.25) is 0 Å². The smallest absolute Gasteiger partial charge is 0.338 e. The van der Waals surface area contributed by atoms with E-state index in [1.165, 1.54) is 22.1 Å². The Morgan fingerprint density at radius 3 is 1.41 bits per heavy atom. The molecule has 2 nitrogen and oxygen atoms in total. The first-order chi connectivity index (χ1) is 23.8. The Hall–Kier alpha value is -6.09. The van der Waals surface area contributed by atoms with Crippen LogP contribution in [0.4, 0.5) is 0 Å². The molecular weight excluding hydrogens is 597 g/mol. The molecule has 0 aliphatic rings. The van der Waals surface area contributed by atoms with Crippen LogP contribution in [0.2, 0.25) is 0 Å². The molecule has 2 heteroatoms. The number of hydrogen-bond acceptors (Lipinski definition) is 2. The molecule has 7 rings (SSSR count). The van der Waals surface area contributed by atoms with Gasteiger partial charge in [0.05, 0.1) is 12.2 Å². The number of carbonyl (C=O) groups excluding carboxylic acids is 1. The fourth-order valence-electron chi connectivity index (χ4n) is 6.39. The van der Waals surface area contributed by atoms with Gasteiger partial charge in [-0.3, -0.25) is 0 Å². The van der Waals surface area contributed by atoms with E-state index in [4.69, 9.17) is 4.74 Å². The highest BCUT2D eigenvalue weighted by Crippen LogP contribution is 2.33. The molecule has 0 N–H and O–H groups in total. The Morgan fingerprint density at radius 2 is 0.918 bits per heavy atom. The quantitative estimate of drug-likeness (QED) is 0.143. The molecule has 0 aliphatic heterocycles. The zero-order chi connectivity index (χ0) is 34.0. The Bertz CT molecular complexity index is 2510. The van der Waals surface area contributed by atoms with Crippen molar-refractivity contribution in [2.75, 3.05) is 6.61 Å². The molecule has 49 heavy (non-hydrogen) atoms. The van der Waals surface area contributed by atoms with Crippen molar-refractivity contribution in [1.29, 1.82) is 0 Å². The maximum Gasteiger partial charge on any atom is 0.338 e. The van der Waals surface area contributed by atoms with Gasteiger partial charge < -0.3 is 4.74 Å². The van der Waals surface area contributed by atoms with Gasteiger partial charge in [-0.05, 0) is 91.7 Å². The summed E-state index contributed by atoms with van der Waals surface area (Å²) in [5.74, 6) is 13.5. The first-order valence-corrected chi connectivity index (χ1v) is 16.7. The summed E-state index contributed by atoms with van der Waals surface area (Å²) in [5, 5.41) is 6.20. The van der Waals surface area contributed by atoms with Crippen molar-refractivity contribution in [1.82, 2.24) is 0 Å². The molecule has 0 unspecified atom stereocenters. The lowest BCUT2D eigenvalue weighted by molar-refractivity contribution is 0.0528. The number of fused-ring (bicyclic) bond motifs is 3. The van der Waals surface area contributed by atoms with E-state index in [-0.39, 0.29) is 11.4 Å². The highest BCUT2D eigenvalue weighted by molar-refractivity contribution is 6.06. The monoisotopic (exact) mass is 632 g/mol. The summed E-state index contributed by atoms with van der Waals surface area (Å²) in [6.07, 6.45) is 0. The molecule has 0 heterocycles. The van der Waals surface area contributed by atoms with Crippen LogP contribution in [0.3, 0.4) is 0 Å². The minimum Gasteiger partial charge on any atom is -0.462 e. The van der Waals surface area contributed by atoms with Crippen LogP contribution in [-0.2, 0) is 10.2 Å². The molecular formula is C47H36O2. The second-order valence-electron chi connectivity index (χ2n) is 13.2. The molecule has 0 spiro atoms. The van der Waals surface area contributed by atoms with E-state index in [0.29, 0.717) is 12.2 Å². The van der Waals surface area contributed by atoms with Crippen LogP contribution in [0.25, 0.3) is 43.4 Å². The highest BCUT2D eigenvalue weighted by atomic mass is 16.5. The highest BCUT2D eigenvalue weighted by Gasteiger charge is 2.15. The normalized spacial score (nSPS) is 11.1. The molecule has 0 bridgehead atoms. The molecule has 0 radical (unpaired) electrons. The van der Waals surface area contributed by atoms with Gasteiger partial charge in [0.15, 0.2) is 0 Å². The van der Waals surface area contributed by atoms with Crippen molar-refractivity contribution < 1.29 is 9.53 Å². The Kier molecular flexibility index (Phi) is 8.48. The average Bonchev–Trinajstić information content (AvgIpc) is 3.13. The first-order valence-electron chi connectivity index (χ1n) is 16.7. The summed E-state index contributed by atoms with van der Waals surface area (Å²) in [7, 11) is 0. The topological polar surface area (TPSA) is 26.3 Å². The van der Waals surface area contributed by atoms with Crippen LogP contribution >= 0.6 is 0 Å². The van der Waals surface area contributed by atoms with Crippen LogP contribution in [0.15, 0.2) is 133 Å². The predicted octanol–water partition coefficient (Wildman–Crippen LogP) is 11.1. The second-order valence-corrected chi connectivity index (χ2v) is 13.2. The van der Waals surface area contributed by atoms with Crippen molar-refractivity contribution in [3.63, 3.8) is 0 Å². The zero-order valence-corrected chi connectivity index (χ0v) is 28.2. The van der Waals surface area contributed by atoms with Gasteiger partial charge in [-0.15, -0.1) is 0 Å². The van der Waals surface area contributed by atoms with Crippen LogP contribution < -0.4 is 0 Å². The van der Waals surface area contributed by atoms with Gasteiger partial charge in [-0.1, -0.05) is 148 Å². The van der Waals surface area contributed by atoms with E-state index in [9.17, 15) is 4.79 Å². The molecule has 0 fully saturated rings. The number of hydrogen-bond donors (Lipinski definition) is 0. The SMILES string of the molecule is CCOC(=O)c1ccc(C#Cc2ccc(C#Cc3ccc(-c4ccc(C(C)(C)C)cc4)c4ccccc34)c3ccccc23)c2ccccc12. The summed E-state index contributed by atoms with van der Waals surface area (Å²) >= 11 is 0. The fourth-order valence-corrected chi connectivity index (χ4v) is 6.39. The van der Waals surface area contributed by atoms with Crippen LogP contribution in [-0.4, -0.2) is 12.6 Å². The van der Waals surface area contributed by atoms with E-state index in [2.05, 4.69) is 129 Å². The van der Waals surface area contributed by atoms with E-state index in [1.54, 1.807) is 6.07 Å². The molecule has 0 aromatic heterocycles. The third-order valence-corrected chi connectivity index (χ3v) is 8.99. The minimum absolute atomic E-state index is 0.114. The number of ether oxygens (including phenoxy) is 1. The molecule has 0 aliphatic carbocycles. The van der Waals surface area contributed by atoms with E-state index in [1.807, 2.05) is 49.4 Å². The standard InChI is InChI=1S/C47H36O2/c1-5-49-46(48)45-31-27-35(41-15-9-11-17-44(41)45)23-21-33-19-18-32(38-12-6-7-13-39(33)38)20-22-34-26-30-42(43-16-10-8-14-40(34)43)36-24-28-37(29-25-36)47(2,3)4/h6-19,24-31H,5H2,1-4H3. The average molecular weight is 633 g/mol. The second kappa shape index (κ2) is 13.2. The van der Waals surface area contributed by atoms with E-state index in [0.717, 1.165) is 49.2 Å². The molecule has 0 saturated heterocycles. The lowest BCUT2D eigenvalue weighted by Crippen LogP contribution is -2.10. The third-order valence-electron chi connectivity index (χ3n) is 8.99. The third kappa shape index (κ3) is 6.30. The largest absolute Gasteiger partial charge is 0.462 e. The predicted molar refractivity (Wildman–Crippen MR) is 204 cm³/mol. The van der Waals surface area contributed by atoms with Crippen LogP contribution in [0.1, 0.15) is 65.9 Å². The molecule has 0 amide bonds. The number of esters is 1. The molecule has 236 valence electrons.